The Morgan fingerprint density at radius 3 is 2.00 bits per heavy atom. The summed E-state index contributed by atoms with van der Waals surface area (Å²) >= 11 is 0. The molecule has 7 heteroatoms. The molecule has 1 saturated heterocycles. The van der Waals surface area contributed by atoms with Crippen LogP contribution >= 0.6 is 0 Å². The van der Waals surface area contributed by atoms with Crippen LogP contribution < -0.4 is 4.90 Å². The van der Waals surface area contributed by atoms with Gasteiger partial charge in [-0.15, -0.1) is 0 Å². The third-order valence-electron chi connectivity index (χ3n) is 5.82. The molecule has 0 bridgehead atoms. The summed E-state index contributed by atoms with van der Waals surface area (Å²) in [6, 6.07) is 20.8. The molecule has 2 aromatic heterocycles. The van der Waals surface area contributed by atoms with Crippen LogP contribution in [0.1, 0.15) is 11.3 Å². The summed E-state index contributed by atoms with van der Waals surface area (Å²) in [5.41, 5.74) is 2.40. The van der Waals surface area contributed by atoms with Crippen LogP contribution in [0, 0.1) is 0 Å². The first-order valence-electron chi connectivity index (χ1n) is 10.7. The van der Waals surface area contributed by atoms with Gasteiger partial charge < -0.3 is 9.80 Å². The summed E-state index contributed by atoms with van der Waals surface area (Å²) < 4.78 is 0. The van der Waals surface area contributed by atoms with Gasteiger partial charge in [-0.3, -0.25) is 19.5 Å². The summed E-state index contributed by atoms with van der Waals surface area (Å²) in [6.45, 7) is 2.89. The molecular weight excluding hydrogens is 402 g/mol. The molecule has 2 aliphatic heterocycles. The topological polar surface area (TPSA) is 69.6 Å². The average Bonchev–Trinajstić information content (AvgIpc) is 3.10. The Kier molecular flexibility index (Phi) is 5.37. The molecule has 0 radical (unpaired) electrons. The minimum absolute atomic E-state index is 0.159. The number of pyridine rings is 2. The van der Waals surface area contributed by atoms with E-state index in [2.05, 4.69) is 14.9 Å². The Labute approximate surface area is 186 Å². The molecule has 0 atom stereocenters. The van der Waals surface area contributed by atoms with Crippen molar-refractivity contribution in [2.24, 2.45) is 0 Å². The summed E-state index contributed by atoms with van der Waals surface area (Å²) in [5, 5.41) is 0. The van der Waals surface area contributed by atoms with Crippen LogP contribution in [0.3, 0.4) is 0 Å². The number of hydrogen-bond acceptors (Lipinski definition) is 6. The lowest BCUT2D eigenvalue weighted by atomic mass is 10.0. The Balaban J connectivity index is 1.44. The molecule has 32 heavy (non-hydrogen) atoms. The number of hydrogen-bond donors (Lipinski definition) is 0. The van der Waals surface area contributed by atoms with E-state index in [0.29, 0.717) is 30.1 Å². The fraction of sp³-hybridized carbons (Fsp3) is 0.200. The van der Waals surface area contributed by atoms with Gasteiger partial charge in [0, 0.05) is 38.6 Å². The normalized spacial score (nSPS) is 16.8. The first-order valence-corrected chi connectivity index (χ1v) is 10.7. The van der Waals surface area contributed by atoms with E-state index in [0.717, 1.165) is 24.5 Å². The molecule has 0 aliphatic carbocycles. The van der Waals surface area contributed by atoms with Crippen LogP contribution in [0.2, 0.25) is 0 Å². The number of nitrogens with zero attached hydrogens (tertiary/aromatic N) is 5. The Morgan fingerprint density at radius 2 is 1.34 bits per heavy atom. The number of benzene rings is 1. The highest BCUT2D eigenvalue weighted by Crippen LogP contribution is 2.33. The summed E-state index contributed by atoms with van der Waals surface area (Å²) in [5.74, 6) is 0.398. The SMILES string of the molecule is O=C1C(c2ccccc2)=C(N2CCN(c3ccccn3)CC2)C(=O)N1Cc1ccccn1. The molecule has 0 saturated carbocycles. The maximum atomic E-state index is 13.5. The van der Waals surface area contributed by atoms with Gasteiger partial charge in [0.15, 0.2) is 0 Å². The Hall–Kier alpha value is -4.00. The van der Waals surface area contributed by atoms with E-state index in [9.17, 15) is 9.59 Å². The maximum Gasteiger partial charge on any atom is 0.278 e. The second-order valence-corrected chi connectivity index (χ2v) is 7.77. The van der Waals surface area contributed by atoms with Crippen LogP contribution in [-0.4, -0.2) is 57.8 Å². The molecule has 0 unspecified atom stereocenters. The van der Waals surface area contributed by atoms with E-state index in [-0.39, 0.29) is 18.4 Å². The molecule has 1 aromatic carbocycles. The van der Waals surface area contributed by atoms with Crippen molar-refractivity contribution < 1.29 is 9.59 Å². The van der Waals surface area contributed by atoms with Gasteiger partial charge in [-0.2, -0.15) is 0 Å². The van der Waals surface area contributed by atoms with Crippen molar-refractivity contribution in [1.82, 2.24) is 19.8 Å². The van der Waals surface area contributed by atoms with Crippen molar-refractivity contribution in [3.8, 4) is 0 Å². The second kappa shape index (κ2) is 8.63. The highest BCUT2D eigenvalue weighted by molar-refractivity contribution is 6.35. The van der Waals surface area contributed by atoms with Crippen molar-refractivity contribution >= 4 is 23.2 Å². The van der Waals surface area contributed by atoms with Crippen LogP contribution in [0.15, 0.2) is 84.8 Å². The Morgan fingerprint density at radius 1 is 0.688 bits per heavy atom. The third kappa shape index (κ3) is 3.73. The van der Waals surface area contributed by atoms with Crippen molar-refractivity contribution in [2.45, 2.75) is 6.54 Å². The smallest absolute Gasteiger partial charge is 0.278 e. The zero-order chi connectivity index (χ0) is 21.9. The molecule has 160 valence electrons. The lowest BCUT2D eigenvalue weighted by molar-refractivity contribution is -0.138. The molecule has 5 rings (SSSR count). The van der Waals surface area contributed by atoms with Gasteiger partial charge in [0.05, 0.1) is 17.8 Å². The average molecular weight is 425 g/mol. The zero-order valence-corrected chi connectivity index (χ0v) is 17.6. The summed E-state index contributed by atoms with van der Waals surface area (Å²) in [6.07, 6.45) is 3.45. The Bertz CT molecular complexity index is 1140. The van der Waals surface area contributed by atoms with Gasteiger partial charge in [0.2, 0.25) is 0 Å². The quantitative estimate of drug-likeness (QED) is 0.586. The number of imide groups is 1. The van der Waals surface area contributed by atoms with Crippen molar-refractivity contribution in [3.63, 3.8) is 0 Å². The largest absolute Gasteiger partial charge is 0.363 e. The molecule has 7 nitrogen and oxygen atoms in total. The molecule has 2 aliphatic rings. The number of anilines is 1. The number of carbonyl (C=O) groups excluding carboxylic acids is 2. The lowest BCUT2D eigenvalue weighted by Crippen LogP contribution is -2.47. The van der Waals surface area contributed by atoms with Gasteiger partial charge in [-0.25, -0.2) is 4.98 Å². The van der Waals surface area contributed by atoms with Crippen LogP contribution in [0.25, 0.3) is 5.57 Å². The van der Waals surface area contributed by atoms with E-state index in [1.807, 2.05) is 71.6 Å². The van der Waals surface area contributed by atoms with Crippen molar-refractivity contribution in [2.75, 3.05) is 31.1 Å². The third-order valence-corrected chi connectivity index (χ3v) is 5.82. The van der Waals surface area contributed by atoms with E-state index < -0.39 is 0 Å². The second-order valence-electron chi connectivity index (χ2n) is 7.77. The van der Waals surface area contributed by atoms with Gasteiger partial charge in [0.25, 0.3) is 11.8 Å². The van der Waals surface area contributed by atoms with Crippen molar-refractivity contribution in [1.29, 1.82) is 0 Å². The predicted molar refractivity (Wildman–Crippen MR) is 121 cm³/mol. The maximum absolute atomic E-state index is 13.5. The minimum atomic E-state index is -0.269. The van der Waals surface area contributed by atoms with E-state index in [1.54, 1.807) is 12.4 Å². The first kappa shape index (κ1) is 19.9. The van der Waals surface area contributed by atoms with Crippen LogP contribution in [-0.2, 0) is 16.1 Å². The van der Waals surface area contributed by atoms with Gasteiger partial charge >= 0.3 is 0 Å². The molecule has 0 N–H and O–H groups in total. The summed E-state index contributed by atoms with van der Waals surface area (Å²) in [7, 11) is 0. The first-order chi connectivity index (χ1) is 15.7. The molecule has 2 amide bonds. The molecule has 0 spiro atoms. The van der Waals surface area contributed by atoms with Crippen molar-refractivity contribution in [3.05, 3.63) is 96.1 Å². The van der Waals surface area contributed by atoms with Crippen LogP contribution in [0.4, 0.5) is 5.82 Å². The monoisotopic (exact) mass is 425 g/mol. The van der Waals surface area contributed by atoms with E-state index in [1.165, 1.54) is 4.90 Å². The number of aromatic nitrogens is 2. The number of piperazine rings is 1. The van der Waals surface area contributed by atoms with Gasteiger partial charge in [-0.05, 0) is 29.8 Å². The fourth-order valence-electron chi connectivity index (χ4n) is 4.22. The summed E-state index contributed by atoms with van der Waals surface area (Å²) in [4.78, 5) is 41.2. The minimum Gasteiger partial charge on any atom is -0.363 e. The van der Waals surface area contributed by atoms with Gasteiger partial charge in [0.1, 0.15) is 11.5 Å². The predicted octanol–water partition coefficient (Wildman–Crippen LogP) is 2.58. The number of rotatable bonds is 5. The number of amides is 2. The van der Waals surface area contributed by atoms with E-state index in [4.69, 9.17) is 0 Å². The van der Waals surface area contributed by atoms with E-state index >= 15 is 0 Å². The zero-order valence-electron chi connectivity index (χ0n) is 17.6. The standard InChI is InChI=1S/C25H23N5O2/c31-24-22(19-8-2-1-3-9-19)23(25(32)30(24)18-20-10-4-6-12-26-20)29-16-14-28(15-17-29)21-11-5-7-13-27-21/h1-13H,14-18H2. The molecule has 3 aromatic rings. The highest BCUT2D eigenvalue weighted by Gasteiger charge is 2.42. The molecule has 1 fully saturated rings. The molecular formula is C25H23N5O2. The fourth-order valence-corrected chi connectivity index (χ4v) is 4.22. The number of carbonyl (C=O) groups is 2. The van der Waals surface area contributed by atoms with Gasteiger partial charge in [-0.1, -0.05) is 42.5 Å². The van der Waals surface area contributed by atoms with Crippen LogP contribution in [0.5, 0.6) is 0 Å². The highest BCUT2D eigenvalue weighted by atomic mass is 16.2. The molecule has 4 heterocycles. The lowest BCUT2D eigenvalue weighted by Gasteiger charge is -2.37.